The second-order valence-corrected chi connectivity index (χ2v) is 6.05. The third kappa shape index (κ3) is 3.11. The molecule has 7 nitrogen and oxygen atoms in total. The fourth-order valence-electron chi connectivity index (χ4n) is 2.92. The molecule has 0 unspecified atom stereocenters. The summed E-state index contributed by atoms with van der Waals surface area (Å²) in [6.45, 7) is 1.67. The minimum Gasteiger partial charge on any atom is -0.292 e. The number of hydrogen-bond acceptors (Lipinski definition) is 5. The molecule has 7 heteroatoms. The van der Waals surface area contributed by atoms with Crippen molar-refractivity contribution in [1.29, 1.82) is 0 Å². The van der Waals surface area contributed by atoms with Crippen LogP contribution in [0.1, 0.15) is 50.0 Å². The summed E-state index contributed by atoms with van der Waals surface area (Å²) in [5, 5.41) is 10.8. The predicted octanol–water partition coefficient (Wildman–Crippen LogP) is 3.03. The smallest absolute Gasteiger partial charge is 0.270 e. The molecule has 2 amide bonds. The van der Waals surface area contributed by atoms with Gasteiger partial charge in [0.05, 0.1) is 22.6 Å². The summed E-state index contributed by atoms with van der Waals surface area (Å²) in [6, 6.07) is 10.5. The second kappa shape index (κ2) is 6.87. The molecule has 1 heterocycles. The Morgan fingerprint density at radius 3 is 2.31 bits per heavy atom. The van der Waals surface area contributed by atoms with Gasteiger partial charge in [0.2, 0.25) is 0 Å². The number of rotatable bonds is 6. The fourth-order valence-corrected chi connectivity index (χ4v) is 2.92. The maximum absolute atomic E-state index is 12.4. The predicted molar refractivity (Wildman–Crippen MR) is 93.2 cm³/mol. The number of aryl methyl sites for hydroxylation is 1. The average Bonchev–Trinajstić information content (AvgIpc) is 2.87. The van der Waals surface area contributed by atoms with Crippen molar-refractivity contribution < 1.29 is 19.3 Å². The van der Waals surface area contributed by atoms with Gasteiger partial charge in [-0.25, -0.2) is 0 Å². The number of nitrogens with zero attached hydrogens (tertiary/aromatic N) is 2. The molecule has 1 aliphatic rings. The Hall–Kier alpha value is -3.35. The van der Waals surface area contributed by atoms with E-state index in [0.29, 0.717) is 5.56 Å². The van der Waals surface area contributed by atoms with Crippen molar-refractivity contribution >= 4 is 23.3 Å². The molecule has 0 N–H and O–H groups in total. The van der Waals surface area contributed by atoms with Gasteiger partial charge in [-0.05, 0) is 18.1 Å². The maximum Gasteiger partial charge on any atom is 0.270 e. The molecule has 0 spiro atoms. The molecular formula is C19H16N2O5. The third-order valence-corrected chi connectivity index (χ3v) is 4.28. The van der Waals surface area contributed by atoms with Crippen LogP contribution in [0.15, 0.2) is 42.5 Å². The topological polar surface area (TPSA) is 97.6 Å². The summed E-state index contributed by atoms with van der Waals surface area (Å²) in [5.41, 5.74) is 1.27. The van der Waals surface area contributed by atoms with E-state index in [1.54, 1.807) is 12.1 Å². The number of ketones is 1. The minimum atomic E-state index is -0.690. The molecule has 2 aromatic rings. The molecule has 0 fully saturated rings. The highest BCUT2D eigenvalue weighted by atomic mass is 16.6. The van der Waals surface area contributed by atoms with E-state index in [-0.39, 0.29) is 22.6 Å². The lowest BCUT2D eigenvalue weighted by Gasteiger charge is -2.13. The van der Waals surface area contributed by atoms with Gasteiger partial charge in [0.15, 0.2) is 5.78 Å². The van der Waals surface area contributed by atoms with Crippen LogP contribution >= 0.6 is 0 Å². The second-order valence-electron chi connectivity index (χ2n) is 6.05. The van der Waals surface area contributed by atoms with E-state index in [9.17, 15) is 24.5 Å². The first-order valence-corrected chi connectivity index (χ1v) is 8.19. The van der Waals surface area contributed by atoms with Crippen molar-refractivity contribution in [2.24, 2.45) is 0 Å². The molecule has 3 rings (SSSR count). The summed E-state index contributed by atoms with van der Waals surface area (Å²) in [5.74, 6) is -1.67. The monoisotopic (exact) mass is 352 g/mol. The number of amides is 2. The Morgan fingerprint density at radius 2 is 1.69 bits per heavy atom. The summed E-state index contributed by atoms with van der Waals surface area (Å²) in [4.78, 5) is 48.3. The molecule has 0 radical (unpaired) electrons. The van der Waals surface area contributed by atoms with Gasteiger partial charge in [0.25, 0.3) is 17.5 Å². The zero-order chi connectivity index (χ0) is 18.8. The van der Waals surface area contributed by atoms with Crippen LogP contribution in [0.4, 0.5) is 5.69 Å². The van der Waals surface area contributed by atoms with Gasteiger partial charge in [-0.3, -0.25) is 29.4 Å². The zero-order valence-electron chi connectivity index (χ0n) is 14.1. The Bertz CT molecular complexity index is 918. The molecule has 0 saturated heterocycles. The van der Waals surface area contributed by atoms with Gasteiger partial charge in [0.1, 0.15) is 0 Å². The lowest BCUT2D eigenvalue weighted by atomic mass is 10.1. The molecule has 132 valence electrons. The molecule has 0 aliphatic carbocycles. The van der Waals surface area contributed by atoms with Crippen molar-refractivity contribution in [2.75, 3.05) is 6.54 Å². The summed E-state index contributed by atoms with van der Waals surface area (Å²) in [7, 11) is 0. The Morgan fingerprint density at radius 1 is 1.04 bits per heavy atom. The Labute approximate surface area is 149 Å². The number of nitro groups is 1. The standard InChI is InChI=1S/C19H16N2O5/c1-2-3-12-4-6-13(7-5-12)17(22)11-20-18(23)15-9-8-14(21(25)26)10-16(15)19(20)24/h4-10H,2-3,11H2,1H3. The van der Waals surface area contributed by atoms with Crippen molar-refractivity contribution in [3.8, 4) is 0 Å². The first-order valence-electron chi connectivity index (χ1n) is 8.19. The highest BCUT2D eigenvalue weighted by molar-refractivity contribution is 6.23. The summed E-state index contributed by atoms with van der Waals surface area (Å²) in [6.07, 6.45) is 1.90. The first-order chi connectivity index (χ1) is 12.4. The zero-order valence-corrected chi connectivity index (χ0v) is 14.1. The number of imide groups is 1. The molecule has 0 saturated carbocycles. The average molecular weight is 352 g/mol. The van der Waals surface area contributed by atoms with Crippen molar-refractivity contribution in [2.45, 2.75) is 19.8 Å². The maximum atomic E-state index is 12.4. The number of fused-ring (bicyclic) bond motifs is 1. The number of Topliss-reactive ketones (excluding diaryl/α,β-unsaturated/α-hetero) is 1. The van der Waals surface area contributed by atoms with Gasteiger partial charge < -0.3 is 0 Å². The third-order valence-electron chi connectivity index (χ3n) is 4.28. The number of carbonyl (C=O) groups is 3. The van der Waals surface area contributed by atoms with E-state index in [0.717, 1.165) is 29.4 Å². The van der Waals surface area contributed by atoms with Crippen molar-refractivity contribution in [1.82, 2.24) is 4.90 Å². The van der Waals surface area contributed by atoms with E-state index >= 15 is 0 Å². The van der Waals surface area contributed by atoms with E-state index in [2.05, 4.69) is 6.92 Å². The molecule has 0 atom stereocenters. The molecule has 26 heavy (non-hydrogen) atoms. The SMILES string of the molecule is CCCc1ccc(C(=O)CN2C(=O)c3ccc([N+](=O)[O-])cc3C2=O)cc1. The molecular weight excluding hydrogens is 336 g/mol. The Balaban J connectivity index is 1.80. The van der Waals surface area contributed by atoms with E-state index in [1.165, 1.54) is 12.1 Å². The Kier molecular flexibility index (Phi) is 4.62. The number of hydrogen-bond donors (Lipinski definition) is 0. The largest absolute Gasteiger partial charge is 0.292 e. The molecule has 1 aliphatic heterocycles. The van der Waals surface area contributed by atoms with Gasteiger partial charge in [-0.15, -0.1) is 0 Å². The van der Waals surface area contributed by atoms with Crippen LogP contribution in [0.5, 0.6) is 0 Å². The molecule has 0 aromatic heterocycles. The van der Waals surface area contributed by atoms with Crippen molar-refractivity contribution in [3.63, 3.8) is 0 Å². The highest BCUT2D eigenvalue weighted by Gasteiger charge is 2.37. The van der Waals surface area contributed by atoms with Gasteiger partial charge >= 0.3 is 0 Å². The van der Waals surface area contributed by atoms with Crippen LogP contribution in [-0.2, 0) is 6.42 Å². The number of nitro benzene ring substituents is 1. The van der Waals surface area contributed by atoms with E-state index < -0.39 is 23.3 Å². The first kappa shape index (κ1) is 17.5. The van der Waals surface area contributed by atoms with Gasteiger partial charge in [-0.2, -0.15) is 0 Å². The fraction of sp³-hybridized carbons (Fsp3) is 0.211. The van der Waals surface area contributed by atoms with Gasteiger partial charge in [0, 0.05) is 17.7 Å². The lowest BCUT2D eigenvalue weighted by molar-refractivity contribution is -0.384. The number of carbonyl (C=O) groups excluding carboxylic acids is 3. The van der Waals surface area contributed by atoms with Crippen molar-refractivity contribution in [3.05, 3.63) is 74.8 Å². The summed E-state index contributed by atoms with van der Waals surface area (Å²) < 4.78 is 0. The molecule has 2 aromatic carbocycles. The van der Waals surface area contributed by atoms with Crippen LogP contribution in [0.2, 0.25) is 0 Å². The van der Waals surface area contributed by atoms with Crippen LogP contribution in [0.25, 0.3) is 0 Å². The van der Waals surface area contributed by atoms with E-state index in [1.807, 2.05) is 12.1 Å². The molecule has 0 bridgehead atoms. The summed E-state index contributed by atoms with van der Waals surface area (Å²) >= 11 is 0. The lowest BCUT2D eigenvalue weighted by Crippen LogP contribution is -2.34. The van der Waals surface area contributed by atoms with Crippen LogP contribution < -0.4 is 0 Å². The number of benzene rings is 2. The van der Waals surface area contributed by atoms with Crippen LogP contribution in [0, 0.1) is 10.1 Å². The van der Waals surface area contributed by atoms with Crippen LogP contribution in [-0.4, -0.2) is 34.0 Å². The quantitative estimate of drug-likeness (QED) is 0.344. The normalized spacial score (nSPS) is 13.0. The van der Waals surface area contributed by atoms with E-state index in [4.69, 9.17) is 0 Å². The number of non-ortho nitro benzene ring substituents is 1. The van der Waals surface area contributed by atoms with Gasteiger partial charge in [-0.1, -0.05) is 37.6 Å². The minimum absolute atomic E-state index is 0.0460. The van der Waals surface area contributed by atoms with Crippen LogP contribution in [0.3, 0.4) is 0 Å². The highest BCUT2D eigenvalue weighted by Crippen LogP contribution is 2.27.